The number of carbonyl (C=O) groups excluding carboxylic acids is 1. The second-order valence-corrected chi connectivity index (χ2v) is 6.23. The summed E-state index contributed by atoms with van der Waals surface area (Å²) in [5.74, 6) is -0.633. The van der Waals surface area contributed by atoms with E-state index < -0.39 is 5.97 Å². The first-order valence-electron chi connectivity index (χ1n) is 8.36. The second kappa shape index (κ2) is 7.34. The zero-order chi connectivity index (χ0) is 17.8. The van der Waals surface area contributed by atoms with Crippen LogP contribution in [0.25, 0.3) is 11.1 Å². The lowest BCUT2D eigenvalue weighted by atomic mass is 9.97. The largest absolute Gasteiger partial charge is 0.481 e. The minimum atomic E-state index is -0.783. The molecule has 0 aliphatic carbocycles. The monoisotopic (exact) mass is 339 g/mol. The van der Waals surface area contributed by atoms with Crippen LogP contribution in [0.4, 0.5) is 10.6 Å². The van der Waals surface area contributed by atoms with Gasteiger partial charge in [-0.3, -0.25) is 10.1 Å². The Kier molecular flexibility index (Phi) is 4.97. The average molecular weight is 339 g/mol. The Morgan fingerprint density at radius 1 is 1.12 bits per heavy atom. The van der Waals surface area contributed by atoms with Gasteiger partial charge < -0.3 is 10.0 Å². The Morgan fingerprint density at radius 3 is 2.40 bits per heavy atom. The molecule has 0 saturated carbocycles. The van der Waals surface area contributed by atoms with Crippen molar-refractivity contribution >= 4 is 17.8 Å². The molecular weight excluding hydrogens is 318 g/mol. The van der Waals surface area contributed by atoms with Gasteiger partial charge in [0, 0.05) is 24.3 Å². The van der Waals surface area contributed by atoms with Crippen molar-refractivity contribution in [1.29, 1.82) is 0 Å². The molecular formula is C19H21N3O3. The minimum Gasteiger partial charge on any atom is -0.481 e. The molecule has 25 heavy (non-hydrogen) atoms. The van der Waals surface area contributed by atoms with E-state index in [1.54, 1.807) is 11.0 Å². The van der Waals surface area contributed by atoms with Gasteiger partial charge >= 0.3 is 12.0 Å². The molecule has 130 valence electrons. The fourth-order valence-electron chi connectivity index (χ4n) is 3.07. The summed E-state index contributed by atoms with van der Waals surface area (Å²) in [5, 5.41) is 11.8. The van der Waals surface area contributed by atoms with Crippen LogP contribution in [0, 0.1) is 12.8 Å². The topological polar surface area (TPSA) is 82.5 Å². The van der Waals surface area contributed by atoms with Gasteiger partial charge in [-0.1, -0.05) is 30.3 Å². The van der Waals surface area contributed by atoms with Crippen molar-refractivity contribution in [3.8, 4) is 11.1 Å². The number of carbonyl (C=O) groups is 2. The Labute approximate surface area is 146 Å². The van der Waals surface area contributed by atoms with Gasteiger partial charge in [-0.25, -0.2) is 9.78 Å². The van der Waals surface area contributed by atoms with E-state index >= 15 is 0 Å². The molecule has 0 unspecified atom stereocenters. The predicted octanol–water partition coefficient (Wildman–Crippen LogP) is 3.39. The van der Waals surface area contributed by atoms with Crippen molar-refractivity contribution in [3.05, 3.63) is 48.2 Å². The van der Waals surface area contributed by atoms with Crippen LogP contribution >= 0.6 is 0 Å². The smallest absolute Gasteiger partial charge is 0.323 e. The van der Waals surface area contributed by atoms with Gasteiger partial charge in [-0.05, 0) is 37.5 Å². The van der Waals surface area contributed by atoms with Gasteiger partial charge in [-0.15, -0.1) is 0 Å². The number of amides is 2. The molecule has 2 N–H and O–H groups in total. The number of carboxylic acids is 1. The number of aryl methyl sites for hydroxylation is 1. The molecule has 1 aromatic carbocycles. The number of hydrogen-bond acceptors (Lipinski definition) is 3. The van der Waals surface area contributed by atoms with Gasteiger partial charge in [0.15, 0.2) is 0 Å². The molecule has 1 saturated heterocycles. The molecule has 2 heterocycles. The van der Waals surface area contributed by atoms with Crippen LogP contribution in [0.15, 0.2) is 42.5 Å². The van der Waals surface area contributed by atoms with E-state index in [0.29, 0.717) is 31.7 Å². The molecule has 0 radical (unpaired) electrons. The van der Waals surface area contributed by atoms with E-state index in [4.69, 9.17) is 5.11 Å². The summed E-state index contributed by atoms with van der Waals surface area (Å²) in [6, 6.07) is 13.5. The number of anilines is 1. The van der Waals surface area contributed by atoms with Gasteiger partial charge in [-0.2, -0.15) is 0 Å². The number of hydrogen-bond donors (Lipinski definition) is 2. The molecule has 2 amide bonds. The number of aliphatic carboxylic acids is 1. The van der Waals surface area contributed by atoms with Crippen LogP contribution in [0.2, 0.25) is 0 Å². The molecule has 0 atom stereocenters. The Morgan fingerprint density at radius 2 is 1.80 bits per heavy atom. The van der Waals surface area contributed by atoms with Crippen LogP contribution in [0.3, 0.4) is 0 Å². The number of aromatic nitrogens is 1. The van der Waals surface area contributed by atoms with Crippen LogP contribution in [0.5, 0.6) is 0 Å². The number of nitrogens with one attached hydrogen (secondary N) is 1. The standard InChI is InChI=1S/C19H21N3O3/c1-13-16(14-5-3-2-4-6-14)7-8-17(20-13)21-19(25)22-11-9-15(10-12-22)18(23)24/h2-8,15H,9-12H2,1H3,(H,23,24)(H,20,21,25). The maximum atomic E-state index is 12.3. The zero-order valence-electron chi connectivity index (χ0n) is 14.1. The fourth-order valence-corrected chi connectivity index (χ4v) is 3.07. The number of benzene rings is 1. The fraction of sp³-hybridized carbons (Fsp3) is 0.316. The molecule has 1 fully saturated rings. The second-order valence-electron chi connectivity index (χ2n) is 6.23. The summed E-state index contributed by atoms with van der Waals surface area (Å²) >= 11 is 0. The SMILES string of the molecule is Cc1nc(NC(=O)N2CCC(C(=O)O)CC2)ccc1-c1ccccc1. The number of urea groups is 1. The molecule has 1 aliphatic rings. The number of piperidine rings is 1. The lowest BCUT2D eigenvalue weighted by molar-refractivity contribution is -0.143. The third kappa shape index (κ3) is 3.96. The average Bonchev–Trinajstić information content (AvgIpc) is 2.62. The zero-order valence-corrected chi connectivity index (χ0v) is 14.1. The van der Waals surface area contributed by atoms with Crippen LogP contribution < -0.4 is 5.32 Å². The molecule has 6 heteroatoms. The summed E-state index contributed by atoms with van der Waals surface area (Å²) in [4.78, 5) is 29.4. The number of pyridine rings is 1. The third-order valence-electron chi connectivity index (χ3n) is 4.54. The van der Waals surface area contributed by atoms with Crippen molar-refractivity contribution < 1.29 is 14.7 Å². The normalized spacial score (nSPS) is 15.0. The predicted molar refractivity (Wildman–Crippen MR) is 95.4 cm³/mol. The van der Waals surface area contributed by atoms with Crippen molar-refractivity contribution in [2.75, 3.05) is 18.4 Å². The van der Waals surface area contributed by atoms with E-state index in [-0.39, 0.29) is 11.9 Å². The van der Waals surface area contributed by atoms with Crippen molar-refractivity contribution in [1.82, 2.24) is 9.88 Å². The highest BCUT2D eigenvalue weighted by atomic mass is 16.4. The van der Waals surface area contributed by atoms with Crippen LogP contribution in [-0.2, 0) is 4.79 Å². The van der Waals surface area contributed by atoms with E-state index in [1.165, 1.54) is 0 Å². The van der Waals surface area contributed by atoms with E-state index in [1.807, 2.05) is 43.3 Å². The van der Waals surface area contributed by atoms with Crippen molar-refractivity contribution in [3.63, 3.8) is 0 Å². The maximum Gasteiger partial charge on any atom is 0.323 e. The van der Waals surface area contributed by atoms with Gasteiger partial charge in [0.2, 0.25) is 0 Å². The van der Waals surface area contributed by atoms with Crippen molar-refractivity contribution in [2.45, 2.75) is 19.8 Å². The summed E-state index contributed by atoms with van der Waals surface area (Å²) in [5.41, 5.74) is 2.95. The maximum absolute atomic E-state index is 12.3. The summed E-state index contributed by atoms with van der Waals surface area (Å²) in [6.07, 6.45) is 0.976. The lowest BCUT2D eigenvalue weighted by Crippen LogP contribution is -2.42. The highest BCUT2D eigenvalue weighted by Crippen LogP contribution is 2.24. The third-order valence-corrected chi connectivity index (χ3v) is 4.54. The lowest BCUT2D eigenvalue weighted by Gasteiger charge is -2.30. The van der Waals surface area contributed by atoms with E-state index in [9.17, 15) is 9.59 Å². The highest BCUT2D eigenvalue weighted by Gasteiger charge is 2.27. The number of nitrogens with zero attached hydrogens (tertiary/aromatic N) is 2. The number of rotatable bonds is 3. The first-order valence-corrected chi connectivity index (χ1v) is 8.36. The molecule has 6 nitrogen and oxygen atoms in total. The number of likely N-dealkylation sites (tertiary alicyclic amines) is 1. The van der Waals surface area contributed by atoms with Gasteiger partial charge in [0.1, 0.15) is 5.82 Å². The van der Waals surface area contributed by atoms with Gasteiger partial charge in [0.05, 0.1) is 5.92 Å². The summed E-state index contributed by atoms with van der Waals surface area (Å²) in [6.45, 7) is 2.81. The van der Waals surface area contributed by atoms with E-state index in [2.05, 4.69) is 10.3 Å². The highest BCUT2D eigenvalue weighted by molar-refractivity contribution is 5.89. The molecule has 1 aliphatic heterocycles. The first-order chi connectivity index (χ1) is 12.0. The van der Waals surface area contributed by atoms with Crippen LogP contribution in [0.1, 0.15) is 18.5 Å². The van der Waals surface area contributed by atoms with Crippen LogP contribution in [-0.4, -0.2) is 40.1 Å². The Balaban J connectivity index is 1.65. The summed E-state index contributed by atoms with van der Waals surface area (Å²) < 4.78 is 0. The number of carboxylic acid groups (broad SMARTS) is 1. The molecule has 3 rings (SSSR count). The minimum absolute atomic E-state index is 0.233. The molecule has 0 spiro atoms. The molecule has 1 aromatic heterocycles. The van der Waals surface area contributed by atoms with Crippen molar-refractivity contribution in [2.24, 2.45) is 5.92 Å². The quantitative estimate of drug-likeness (QED) is 0.898. The van der Waals surface area contributed by atoms with E-state index in [0.717, 1.165) is 16.8 Å². The Bertz CT molecular complexity index is 769. The summed E-state index contributed by atoms with van der Waals surface area (Å²) in [7, 11) is 0. The molecule has 0 bridgehead atoms. The first kappa shape index (κ1) is 17.0. The van der Waals surface area contributed by atoms with Gasteiger partial charge in [0.25, 0.3) is 0 Å². The Hall–Kier alpha value is -2.89. The molecule has 2 aromatic rings.